The second kappa shape index (κ2) is 13.6. The fraction of sp³-hybridized carbons (Fsp3) is 0.200. The molecule has 4 rings (SSSR count). The van der Waals surface area contributed by atoms with Gasteiger partial charge in [-0.15, -0.1) is 5.73 Å². The first-order chi connectivity index (χ1) is 19.4. The summed E-state index contributed by atoms with van der Waals surface area (Å²) in [6.07, 6.45) is 13.9. The van der Waals surface area contributed by atoms with Gasteiger partial charge in [-0.1, -0.05) is 42.5 Å². The smallest absolute Gasteiger partial charge is 0.277 e. The van der Waals surface area contributed by atoms with Crippen LogP contribution < -0.4 is 21.1 Å². The molecule has 0 atom stereocenters. The van der Waals surface area contributed by atoms with E-state index in [0.717, 1.165) is 34.3 Å². The Bertz CT molecular complexity index is 1480. The van der Waals surface area contributed by atoms with Crippen molar-refractivity contribution in [3.05, 3.63) is 112 Å². The number of nitrogens with zero attached hydrogens (tertiary/aromatic N) is 3. The maximum atomic E-state index is 14.3. The van der Waals surface area contributed by atoms with Crippen LogP contribution in [0.2, 0.25) is 5.02 Å². The van der Waals surface area contributed by atoms with Crippen LogP contribution >= 0.6 is 11.6 Å². The number of hydrogen-bond donors (Lipinski definition) is 3. The van der Waals surface area contributed by atoms with Crippen LogP contribution in [0.4, 0.5) is 21.8 Å². The topological polar surface area (TPSA) is 91.4 Å². The summed E-state index contributed by atoms with van der Waals surface area (Å²) in [4.78, 5) is 22.8. The minimum atomic E-state index is -0.542. The van der Waals surface area contributed by atoms with Crippen molar-refractivity contribution in [1.29, 1.82) is 0 Å². The Balaban J connectivity index is 1.43. The first kappa shape index (κ1) is 28.6. The van der Waals surface area contributed by atoms with Crippen LogP contribution in [0.5, 0.6) is 0 Å². The Labute approximate surface area is 238 Å². The highest BCUT2D eigenvalue weighted by Gasteiger charge is 2.18. The molecule has 3 N–H and O–H groups in total. The van der Waals surface area contributed by atoms with E-state index in [1.807, 2.05) is 56.4 Å². The first-order valence-electron chi connectivity index (χ1n) is 12.7. The summed E-state index contributed by atoms with van der Waals surface area (Å²) in [6, 6.07) is 5.71. The minimum absolute atomic E-state index is 0.0656. The molecule has 2 aromatic rings. The van der Waals surface area contributed by atoms with Crippen molar-refractivity contribution in [3.8, 4) is 0 Å². The lowest BCUT2D eigenvalue weighted by Gasteiger charge is -2.28. The monoisotopic (exact) mass is 560 g/mol. The molecule has 0 radical (unpaired) electrons. The molecule has 10 heteroatoms. The van der Waals surface area contributed by atoms with Crippen LogP contribution in [-0.2, 0) is 9.53 Å². The number of carbonyl (C=O) groups excluding carboxylic acids is 1. The van der Waals surface area contributed by atoms with Gasteiger partial charge in [-0.05, 0) is 67.0 Å². The Kier molecular flexibility index (Phi) is 9.70. The fourth-order valence-corrected chi connectivity index (χ4v) is 4.31. The van der Waals surface area contributed by atoms with Crippen molar-refractivity contribution in [1.82, 2.24) is 15.4 Å². The third-order valence-corrected chi connectivity index (χ3v) is 6.16. The van der Waals surface area contributed by atoms with E-state index < -0.39 is 11.7 Å². The summed E-state index contributed by atoms with van der Waals surface area (Å²) in [5.74, 6) is -0.778. The van der Waals surface area contributed by atoms with E-state index in [-0.39, 0.29) is 17.3 Å². The number of ether oxygens (including phenoxy) is 1. The van der Waals surface area contributed by atoms with Gasteiger partial charge in [-0.2, -0.15) is 4.98 Å². The number of carbonyl (C=O) groups is 1. The van der Waals surface area contributed by atoms with E-state index in [4.69, 9.17) is 16.3 Å². The minimum Gasteiger partial charge on any atom is -0.378 e. The van der Waals surface area contributed by atoms with Gasteiger partial charge in [0, 0.05) is 29.5 Å². The molecule has 0 unspecified atom stereocenters. The van der Waals surface area contributed by atoms with Gasteiger partial charge in [0.1, 0.15) is 0 Å². The standard InChI is InChI=1S/C30H30ClFN6O2/c1-4-6-7-21(5-2)23-16-24(31)18-26(17-23)34-25-9-8-22(14-20(3)15-25)29(39)36-37-30-33-19-27(32)28(35-30)38-10-12-40-13-11-38/h4-9,15-19,34H,1,10-13H2,2-3H3,(H,36,39)(H,33,35,37)/b7-6-,21-5+. The number of benzene rings is 1. The summed E-state index contributed by atoms with van der Waals surface area (Å²) >= 11 is 6.41. The number of morpholine rings is 1. The third kappa shape index (κ3) is 7.57. The van der Waals surface area contributed by atoms with E-state index in [1.54, 1.807) is 23.1 Å². The third-order valence-electron chi connectivity index (χ3n) is 5.94. The summed E-state index contributed by atoms with van der Waals surface area (Å²) in [5, 5.41) is 3.94. The molecule has 2 aliphatic rings. The number of amides is 1. The molecule has 1 saturated heterocycles. The van der Waals surface area contributed by atoms with E-state index in [1.165, 1.54) is 0 Å². The SMILES string of the molecule is C=C/C=C\C(=C/C)c1cc(Cl)cc(NC2=CC(C)=C=C(C(=O)NNc3ncc(F)c(N4CCOCC4)n3)C=C2)c1. The largest absolute Gasteiger partial charge is 0.378 e. The number of allylic oxidation sites excluding steroid dienone is 7. The molecule has 40 heavy (non-hydrogen) atoms. The highest BCUT2D eigenvalue weighted by molar-refractivity contribution is 6.31. The van der Waals surface area contributed by atoms with Crippen molar-refractivity contribution in [3.63, 3.8) is 0 Å². The van der Waals surface area contributed by atoms with Crippen LogP contribution in [-0.4, -0.2) is 42.2 Å². The zero-order chi connectivity index (χ0) is 28.5. The van der Waals surface area contributed by atoms with Crippen LogP contribution in [0.25, 0.3) is 5.57 Å². The van der Waals surface area contributed by atoms with Gasteiger partial charge in [0.15, 0.2) is 11.6 Å². The lowest BCUT2D eigenvalue weighted by molar-refractivity contribution is -0.116. The Hall–Kier alpha value is -4.43. The van der Waals surface area contributed by atoms with Gasteiger partial charge in [-0.3, -0.25) is 15.6 Å². The number of nitrogens with one attached hydrogen (secondary N) is 3. The van der Waals surface area contributed by atoms with Gasteiger partial charge < -0.3 is 15.0 Å². The number of aromatic nitrogens is 2. The summed E-state index contributed by atoms with van der Waals surface area (Å²) in [6.45, 7) is 9.54. The molecule has 1 aromatic carbocycles. The number of anilines is 3. The molecule has 0 bridgehead atoms. The van der Waals surface area contributed by atoms with Crippen molar-refractivity contribution in [2.45, 2.75) is 13.8 Å². The lowest BCUT2D eigenvalue weighted by Crippen LogP contribution is -2.38. The highest BCUT2D eigenvalue weighted by Crippen LogP contribution is 2.27. The number of hydrogen-bond acceptors (Lipinski definition) is 7. The van der Waals surface area contributed by atoms with E-state index in [2.05, 4.69) is 38.4 Å². The fourth-order valence-electron chi connectivity index (χ4n) is 4.08. The molecular formula is C30H30ClFN6O2. The quantitative estimate of drug-likeness (QED) is 0.205. The molecule has 0 spiro atoms. The summed E-state index contributed by atoms with van der Waals surface area (Å²) < 4.78 is 19.6. The van der Waals surface area contributed by atoms with Gasteiger partial charge in [-0.25, -0.2) is 9.37 Å². The Morgan fingerprint density at radius 1 is 1.25 bits per heavy atom. The van der Waals surface area contributed by atoms with Crippen LogP contribution in [0, 0.1) is 5.82 Å². The summed E-state index contributed by atoms with van der Waals surface area (Å²) in [5.41, 5.74) is 12.8. The van der Waals surface area contributed by atoms with Gasteiger partial charge >= 0.3 is 0 Å². The molecule has 1 fully saturated rings. The van der Waals surface area contributed by atoms with Gasteiger partial charge in [0.05, 0.1) is 25.0 Å². The molecule has 206 valence electrons. The maximum Gasteiger partial charge on any atom is 0.277 e. The number of halogens is 2. The van der Waals surface area contributed by atoms with Crippen molar-refractivity contribution >= 4 is 40.5 Å². The van der Waals surface area contributed by atoms with Crippen LogP contribution in [0.3, 0.4) is 0 Å². The Morgan fingerprint density at radius 3 is 2.80 bits per heavy atom. The number of hydrazine groups is 1. The molecule has 1 aromatic heterocycles. The summed E-state index contributed by atoms with van der Waals surface area (Å²) in [7, 11) is 0. The molecule has 2 heterocycles. The van der Waals surface area contributed by atoms with Crippen molar-refractivity contribution in [2.24, 2.45) is 0 Å². The van der Waals surface area contributed by atoms with E-state index in [9.17, 15) is 9.18 Å². The zero-order valence-electron chi connectivity index (χ0n) is 22.3. The molecule has 0 saturated carbocycles. The predicted octanol–water partition coefficient (Wildman–Crippen LogP) is 5.73. The molecule has 1 aliphatic heterocycles. The lowest BCUT2D eigenvalue weighted by atomic mass is 10.0. The zero-order valence-corrected chi connectivity index (χ0v) is 23.1. The normalized spacial score (nSPS) is 15.7. The van der Waals surface area contributed by atoms with Gasteiger partial charge in [0.2, 0.25) is 5.95 Å². The average Bonchev–Trinajstić information content (AvgIpc) is 3.13. The van der Waals surface area contributed by atoms with Crippen molar-refractivity contribution in [2.75, 3.05) is 41.9 Å². The van der Waals surface area contributed by atoms with Crippen LogP contribution in [0.15, 0.2) is 96.1 Å². The van der Waals surface area contributed by atoms with E-state index in [0.29, 0.717) is 31.3 Å². The van der Waals surface area contributed by atoms with Gasteiger partial charge in [0.25, 0.3) is 5.91 Å². The van der Waals surface area contributed by atoms with Crippen molar-refractivity contribution < 1.29 is 13.9 Å². The predicted molar refractivity (Wildman–Crippen MR) is 158 cm³/mol. The first-order valence-corrected chi connectivity index (χ1v) is 13.1. The maximum absolute atomic E-state index is 14.3. The van der Waals surface area contributed by atoms with Crippen LogP contribution in [0.1, 0.15) is 19.4 Å². The average molecular weight is 561 g/mol. The Morgan fingerprint density at radius 2 is 2.05 bits per heavy atom. The molecule has 1 aliphatic carbocycles. The number of rotatable bonds is 9. The highest BCUT2D eigenvalue weighted by atomic mass is 35.5. The second-order valence-electron chi connectivity index (χ2n) is 8.89. The van der Waals surface area contributed by atoms with E-state index >= 15 is 0 Å². The molecule has 1 amide bonds. The molecule has 8 nitrogen and oxygen atoms in total. The second-order valence-corrected chi connectivity index (χ2v) is 9.33. The molecular weight excluding hydrogens is 531 g/mol.